The zero-order valence-electron chi connectivity index (χ0n) is 10.1. The molecule has 0 unspecified atom stereocenters. The Balaban J connectivity index is 2.22. The third-order valence-electron chi connectivity index (χ3n) is 3.09. The van der Waals surface area contributed by atoms with Gasteiger partial charge in [-0.15, -0.1) is 0 Å². The molecular weight excluding hydrogens is 232 g/mol. The summed E-state index contributed by atoms with van der Waals surface area (Å²) in [6.07, 6.45) is 1.02. The van der Waals surface area contributed by atoms with Gasteiger partial charge in [0, 0.05) is 5.56 Å². The van der Waals surface area contributed by atoms with Crippen molar-refractivity contribution in [2.24, 2.45) is 5.92 Å². The minimum absolute atomic E-state index is 0.141. The molecule has 0 saturated heterocycles. The van der Waals surface area contributed by atoms with Crippen LogP contribution < -0.4 is 0 Å². The highest BCUT2D eigenvalue weighted by Crippen LogP contribution is 2.26. The summed E-state index contributed by atoms with van der Waals surface area (Å²) in [6, 6.07) is 7.19. The minimum Gasteiger partial charge on any atom is -0.460 e. The largest absolute Gasteiger partial charge is 0.460 e. The van der Waals surface area contributed by atoms with Crippen LogP contribution in [0.1, 0.15) is 29.3 Å². The number of ketones is 2. The molecule has 0 bridgehead atoms. The number of carbonyl (C=O) groups is 3. The second-order valence-electron chi connectivity index (χ2n) is 4.20. The molecule has 0 spiro atoms. The van der Waals surface area contributed by atoms with Gasteiger partial charge in [0.05, 0.1) is 12.5 Å². The van der Waals surface area contributed by atoms with Gasteiger partial charge in [-0.1, -0.05) is 24.3 Å². The van der Waals surface area contributed by atoms with Crippen LogP contribution in [0.3, 0.4) is 0 Å². The van der Waals surface area contributed by atoms with Gasteiger partial charge in [-0.25, -0.2) is 4.79 Å². The number of fused-ring (bicyclic) bond motifs is 1. The summed E-state index contributed by atoms with van der Waals surface area (Å²) in [5.74, 6) is -2.78. The number of hydrogen-bond donors (Lipinski definition) is 0. The van der Waals surface area contributed by atoms with Gasteiger partial charge >= 0.3 is 5.97 Å². The summed E-state index contributed by atoms with van der Waals surface area (Å²) in [4.78, 5) is 35.3. The van der Waals surface area contributed by atoms with Crippen molar-refractivity contribution in [1.29, 1.82) is 0 Å². The molecule has 0 saturated carbocycles. The fourth-order valence-electron chi connectivity index (χ4n) is 2.19. The van der Waals surface area contributed by atoms with Gasteiger partial charge in [0.2, 0.25) is 0 Å². The van der Waals surface area contributed by atoms with E-state index in [1.54, 1.807) is 19.1 Å². The molecule has 1 aromatic carbocycles. The van der Waals surface area contributed by atoms with Crippen molar-refractivity contribution in [3.63, 3.8) is 0 Å². The molecular formula is C14H14O4. The quantitative estimate of drug-likeness (QED) is 0.461. The van der Waals surface area contributed by atoms with Crippen LogP contribution in [0.15, 0.2) is 24.3 Å². The van der Waals surface area contributed by atoms with Crippen molar-refractivity contribution in [2.75, 3.05) is 6.61 Å². The van der Waals surface area contributed by atoms with E-state index in [0.29, 0.717) is 18.4 Å². The lowest BCUT2D eigenvalue weighted by Crippen LogP contribution is -2.35. The Kier molecular flexibility index (Phi) is 3.55. The number of esters is 1. The fraction of sp³-hybridized carbons (Fsp3) is 0.357. The average molecular weight is 246 g/mol. The van der Waals surface area contributed by atoms with Gasteiger partial charge in [-0.3, -0.25) is 9.59 Å². The number of hydrogen-bond acceptors (Lipinski definition) is 4. The smallest absolute Gasteiger partial charge is 0.375 e. The maximum absolute atomic E-state index is 12.1. The first-order valence-electron chi connectivity index (χ1n) is 5.98. The molecule has 0 heterocycles. The molecule has 0 aromatic heterocycles. The van der Waals surface area contributed by atoms with Crippen LogP contribution in [0.25, 0.3) is 0 Å². The lowest BCUT2D eigenvalue weighted by atomic mass is 9.80. The summed E-state index contributed by atoms with van der Waals surface area (Å²) in [6.45, 7) is 1.77. The van der Waals surface area contributed by atoms with Crippen LogP contribution in [-0.2, 0) is 20.7 Å². The maximum atomic E-state index is 12.1. The summed E-state index contributed by atoms with van der Waals surface area (Å²) < 4.78 is 4.65. The molecule has 0 radical (unpaired) electrons. The second kappa shape index (κ2) is 5.12. The molecule has 1 aromatic rings. The van der Waals surface area contributed by atoms with Crippen LogP contribution >= 0.6 is 0 Å². The lowest BCUT2D eigenvalue weighted by Gasteiger charge is -2.21. The third-order valence-corrected chi connectivity index (χ3v) is 3.09. The molecule has 0 amide bonds. The summed E-state index contributed by atoms with van der Waals surface area (Å²) >= 11 is 0. The van der Waals surface area contributed by atoms with E-state index >= 15 is 0 Å². The van der Waals surface area contributed by atoms with Crippen LogP contribution in [0.4, 0.5) is 0 Å². The van der Waals surface area contributed by atoms with Crippen molar-refractivity contribution < 1.29 is 19.1 Å². The van der Waals surface area contributed by atoms with E-state index in [2.05, 4.69) is 4.74 Å². The Morgan fingerprint density at radius 2 is 2.06 bits per heavy atom. The summed E-state index contributed by atoms with van der Waals surface area (Å²) in [7, 11) is 0. The molecule has 1 aliphatic carbocycles. The Morgan fingerprint density at radius 3 is 2.78 bits per heavy atom. The first-order chi connectivity index (χ1) is 8.65. The number of aryl methyl sites for hydroxylation is 1. The molecule has 0 N–H and O–H groups in total. The highest BCUT2D eigenvalue weighted by Gasteiger charge is 2.36. The minimum atomic E-state index is -0.907. The predicted octanol–water partition coefficient (Wildman–Crippen LogP) is 1.56. The zero-order chi connectivity index (χ0) is 13.1. The van der Waals surface area contributed by atoms with Crippen molar-refractivity contribution in [3.05, 3.63) is 35.4 Å². The first kappa shape index (κ1) is 12.5. The summed E-state index contributed by atoms with van der Waals surface area (Å²) in [5, 5.41) is 0. The highest BCUT2D eigenvalue weighted by atomic mass is 16.5. The topological polar surface area (TPSA) is 60.4 Å². The van der Waals surface area contributed by atoms with Crippen LogP contribution in [0, 0.1) is 5.92 Å². The number of benzene rings is 1. The Morgan fingerprint density at radius 1 is 1.33 bits per heavy atom. The normalized spacial score (nSPS) is 18.1. The van der Waals surface area contributed by atoms with Crippen molar-refractivity contribution in [3.8, 4) is 0 Å². The molecule has 1 aliphatic rings. The van der Waals surface area contributed by atoms with Gasteiger partial charge < -0.3 is 4.74 Å². The van der Waals surface area contributed by atoms with Crippen LogP contribution in [0.5, 0.6) is 0 Å². The van der Waals surface area contributed by atoms with Crippen molar-refractivity contribution in [2.45, 2.75) is 19.8 Å². The third kappa shape index (κ3) is 2.18. The SMILES string of the molecule is CCOC(=O)C(=O)[C@H]1CCc2ccccc2C1=O. The monoisotopic (exact) mass is 246 g/mol. The van der Waals surface area contributed by atoms with Gasteiger partial charge in [-0.05, 0) is 25.3 Å². The number of carbonyl (C=O) groups excluding carboxylic acids is 3. The Labute approximate surface area is 105 Å². The molecule has 0 aliphatic heterocycles. The Hall–Kier alpha value is -1.97. The fourth-order valence-corrected chi connectivity index (χ4v) is 2.19. The Bertz CT molecular complexity index is 504. The number of rotatable bonds is 3. The number of ether oxygens (including phenoxy) is 1. The average Bonchev–Trinajstić information content (AvgIpc) is 2.39. The van der Waals surface area contributed by atoms with Crippen LogP contribution in [0.2, 0.25) is 0 Å². The van der Waals surface area contributed by atoms with E-state index in [0.717, 1.165) is 5.56 Å². The molecule has 4 heteroatoms. The molecule has 2 rings (SSSR count). The van der Waals surface area contributed by atoms with E-state index in [1.165, 1.54) is 0 Å². The highest BCUT2D eigenvalue weighted by molar-refractivity contribution is 6.39. The van der Waals surface area contributed by atoms with Gasteiger partial charge in [0.1, 0.15) is 0 Å². The van der Waals surface area contributed by atoms with Gasteiger partial charge in [0.15, 0.2) is 5.78 Å². The molecule has 94 valence electrons. The van der Waals surface area contributed by atoms with Crippen molar-refractivity contribution >= 4 is 17.5 Å². The summed E-state index contributed by atoms with van der Waals surface area (Å²) in [5.41, 5.74) is 1.49. The van der Waals surface area contributed by atoms with E-state index in [1.807, 2.05) is 12.1 Å². The van der Waals surface area contributed by atoms with Crippen molar-refractivity contribution in [1.82, 2.24) is 0 Å². The maximum Gasteiger partial charge on any atom is 0.375 e. The molecule has 4 nitrogen and oxygen atoms in total. The first-order valence-corrected chi connectivity index (χ1v) is 5.98. The molecule has 0 fully saturated rings. The van der Waals surface area contributed by atoms with Gasteiger partial charge in [-0.2, -0.15) is 0 Å². The van der Waals surface area contributed by atoms with E-state index in [9.17, 15) is 14.4 Å². The molecule has 1 atom stereocenters. The zero-order valence-corrected chi connectivity index (χ0v) is 10.1. The van der Waals surface area contributed by atoms with E-state index in [4.69, 9.17) is 0 Å². The van der Waals surface area contributed by atoms with Crippen LogP contribution in [-0.4, -0.2) is 24.1 Å². The molecule has 18 heavy (non-hydrogen) atoms. The van der Waals surface area contributed by atoms with E-state index < -0.39 is 17.7 Å². The number of Topliss-reactive ketones (excluding diaryl/α,β-unsaturated/α-hetero) is 2. The predicted molar refractivity (Wildman–Crippen MR) is 64.2 cm³/mol. The standard InChI is InChI=1S/C14H14O4/c1-2-18-14(17)13(16)11-8-7-9-5-3-4-6-10(9)12(11)15/h3-6,11H,2,7-8H2,1H3/t11-/m0/s1. The van der Waals surface area contributed by atoms with E-state index in [-0.39, 0.29) is 12.4 Å². The second-order valence-corrected chi connectivity index (χ2v) is 4.20. The lowest BCUT2D eigenvalue weighted by molar-refractivity contribution is -0.154. The van der Waals surface area contributed by atoms with Gasteiger partial charge in [0.25, 0.3) is 5.78 Å².